The van der Waals surface area contributed by atoms with Gasteiger partial charge in [-0.05, 0) is 80.9 Å². The van der Waals surface area contributed by atoms with E-state index in [1.165, 1.54) is 0 Å². The number of hydrogen-bond donors (Lipinski definition) is 3. The predicted molar refractivity (Wildman–Crippen MR) is 314 cm³/mol. The van der Waals surface area contributed by atoms with Gasteiger partial charge in [-0.1, -0.05) is 199 Å². The lowest BCUT2D eigenvalue weighted by molar-refractivity contribution is 0.452. The van der Waals surface area contributed by atoms with Crippen molar-refractivity contribution in [2.24, 2.45) is 0 Å². The lowest BCUT2D eigenvalue weighted by atomic mass is 9.94. The number of rotatable bonds is 10. The third kappa shape index (κ3) is 10.4. The Hall–Kier alpha value is -7.53. The summed E-state index contributed by atoms with van der Waals surface area (Å²) in [5.74, 6) is 1.28. The van der Waals surface area contributed by atoms with Crippen molar-refractivity contribution < 1.29 is 42.6 Å². The highest BCUT2D eigenvalue weighted by Crippen LogP contribution is 2.60. The predicted octanol–water partition coefficient (Wildman–Crippen LogP) is 16.6. The molecule has 0 bridgehead atoms. The number of aromatic hydroxyl groups is 3. The molecule has 3 aliphatic heterocycles. The van der Waals surface area contributed by atoms with Crippen LogP contribution in [0.5, 0.6) is 34.5 Å². The van der Waals surface area contributed by atoms with Gasteiger partial charge in [0.25, 0.3) is 22.1 Å². The molecule has 9 aromatic carbocycles. The molecule has 3 aliphatic rings. The first-order valence-electron chi connectivity index (χ1n) is 26.3. The molecular weight excluding hydrogens is 1020 g/mol. The first-order valence-corrected chi connectivity index (χ1v) is 31.8. The molecule has 3 unspecified atom stereocenters. The van der Waals surface area contributed by atoms with Gasteiger partial charge in [-0.3, -0.25) is 13.7 Å². The fourth-order valence-corrected chi connectivity index (χ4v) is 17.5. The molecule has 0 radical (unpaired) electrons. The zero-order chi connectivity index (χ0) is 54.5. The van der Waals surface area contributed by atoms with Crippen molar-refractivity contribution in [3.05, 3.63) is 233 Å². The Morgan fingerprint density at radius 3 is 0.935 bits per heavy atom. The molecule has 0 amide bonds. The lowest BCUT2D eigenvalue weighted by Crippen LogP contribution is -2.19. The second kappa shape index (κ2) is 23.0. The van der Waals surface area contributed by atoms with E-state index in [2.05, 4.69) is 0 Å². The number of fused-ring (bicyclic) bond motifs is 9. The Morgan fingerprint density at radius 1 is 0.312 bits per heavy atom. The van der Waals surface area contributed by atoms with Crippen LogP contribution in [0, 0.1) is 0 Å². The Kier molecular flexibility index (Phi) is 16.2. The molecule has 9 nitrogen and oxygen atoms in total. The van der Waals surface area contributed by atoms with Gasteiger partial charge in [-0.15, -0.1) is 0 Å². The monoisotopic (exact) mass is 1080 g/mol. The quantitative estimate of drug-likeness (QED) is 0.114. The zero-order valence-corrected chi connectivity index (χ0v) is 46.8. The highest BCUT2D eigenvalue weighted by molar-refractivity contribution is 7.67. The van der Waals surface area contributed by atoms with Crippen LogP contribution in [-0.4, -0.2) is 15.3 Å². The molecule has 3 N–H and O–H groups in total. The van der Waals surface area contributed by atoms with E-state index in [1.54, 1.807) is 60.7 Å². The topological polar surface area (TPSA) is 140 Å². The second-order valence-electron chi connectivity index (χ2n) is 18.3. The SMILES string of the molecule is CC.CC.CC.O=P1(Cc2cc(Cc3cccc(CP4(=O)Oc5ccccc5-c5ccccc54)c3O)c(O)c(Cc3cccc(CP4(=O)Oc5ccccc5-c5ccccc54)c3O)c2)Oc2ccccc2-c2ccccc21. The van der Waals surface area contributed by atoms with Gasteiger partial charge in [0, 0.05) is 40.7 Å². The maximum absolute atomic E-state index is 15.3. The van der Waals surface area contributed by atoms with Gasteiger partial charge in [0.15, 0.2) is 0 Å². The van der Waals surface area contributed by atoms with Gasteiger partial charge in [0.2, 0.25) is 0 Å². The second-order valence-corrected chi connectivity index (χ2v) is 25.3. The van der Waals surface area contributed by atoms with Gasteiger partial charge < -0.3 is 28.9 Å². The van der Waals surface area contributed by atoms with Gasteiger partial charge >= 0.3 is 0 Å². The van der Waals surface area contributed by atoms with E-state index < -0.39 is 22.1 Å². The molecule has 0 saturated heterocycles. The van der Waals surface area contributed by atoms with E-state index in [1.807, 2.05) is 175 Å². The minimum absolute atomic E-state index is 0.0283. The van der Waals surface area contributed by atoms with E-state index in [0.717, 1.165) is 33.4 Å². The van der Waals surface area contributed by atoms with Crippen molar-refractivity contribution in [3.8, 4) is 67.9 Å². The van der Waals surface area contributed by atoms with Crippen LogP contribution in [0.3, 0.4) is 0 Å². The van der Waals surface area contributed by atoms with Gasteiger partial charge in [-0.2, -0.15) is 0 Å². The minimum Gasteiger partial charge on any atom is -0.507 e. The van der Waals surface area contributed by atoms with Crippen LogP contribution >= 0.6 is 22.1 Å². The fraction of sp³-hybridized carbons (Fsp3) is 0.169. The maximum atomic E-state index is 15.3. The molecule has 12 heteroatoms. The summed E-state index contributed by atoms with van der Waals surface area (Å²) in [6.45, 7) is 12.0. The molecule has 12 rings (SSSR count). The van der Waals surface area contributed by atoms with E-state index in [4.69, 9.17) is 13.6 Å². The molecule has 3 atom stereocenters. The zero-order valence-electron chi connectivity index (χ0n) is 44.1. The van der Waals surface area contributed by atoms with Crippen LogP contribution < -0.4 is 29.5 Å². The Bertz CT molecular complexity index is 3600. The van der Waals surface area contributed by atoms with Gasteiger partial charge in [0.1, 0.15) is 34.5 Å². The number of para-hydroxylation sites is 5. The molecule has 77 heavy (non-hydrogen) atoms. The van der Waals surface area contributed by atoms with Crippen LogP contribution in [0.2, 0.25) is 0 Å². The van der Waals surface area contributed by atoms with Crippen LogP contribution in [0.4, 0.5) is 0 Å². The number of hydrogen-bond acceptors (Lipinski definition) is 9. The lowest BCUT2D eigenvalue weighted by Gasteiger charge is -2.29. The van der Waals surface area contributed by atoms with Crippen molar-refractivity contribution in [3.63, 3.8) is 0 Å². The van der Waals surface area contributed by atoms with E-state index >= 15 is 4.57 Å². The largest absolute Gasteiger partial charge is 0.507 e. The average molecular weight is 1080 g/mol. The first kappa shape index (κ1) is 54.3. The van der Waals surface area contributed by atoms with Crippen molar-refractivity contribution >= 4 is 38.0 Å². The molecule has 0 spiro atoms. The average Bonchev–Trinajstić information content (AvgIpc) is 3.49. The van der Waals surface area contributed by atoms with Crippen molar-refractivity contribution in [2.45, 2.75) is 72.9 Å². The third-order valence-electron chi connectivity index (χ3n) is 13.7. The summed E-state index contributed by atoms with van der Waals surface area (Å²) >= 11 is 0. The summed E-state index contributed by atoms with van der Waals surface area (Å²) in [6.07, 6.45) is -0.117. The minimum atomic E-state index is -3.64. The number of phenolic OH excluding ortho intramolecular Hbond substituents is 3. The third-order valence-corrected chi connectivity index (χ3v) is 20.9. The molecule has 0 saturated carbocycles. The van der Waals surface area contributed by atoms with Crippen molar-refractivity contribution in [1.29, 1.82) is 0 Å². The first-order chi connectivity index (χ1) is 37.5. The number of phenols is 3. The normalized spacial score (nSPS) is 17.7. The Labute approximate surface area is 452 Å². The molecule has 392 valence electrons. The summed E-state index contributed by atoms with van der Waals surface area (Å²) in [4.78, 5) is 0. The molecule has 0 aliphatic carbocycles. The van der Waals surface area contributed by atoms with Gasteiger partial charge in [0.05, 0.1) is 34.4 Å². The summed E-state index contributed by atoms with van der Waals surface area (Å²) in [7, 11) is -10.8. The van der Waals surface area contributed by atoms with E-state index in [0.29, 0.717) is 72.1 Å². The maximum Gasteiger partial charge on any atom is 0.282 e. The summed E-state index contributed by atoms with van der Waals surface area (Å²) in [6, 6.07) is 59.1. The molecular formula is C65H63O9P3. The van der Waals surface area contributed by atoms with Gasteiger partial charge in [-0.25, -0.2) is 0 Å². The van der Waals surface area contributed by atoms with Crippen LogP contribution in [-0.2, 0) is 45.0 Å². The highest BCUT2D eigenvalue weighted by atomic mass is 31.2. The van der Waals surface area contributed by atoms with Crippen LogP contribution in [0.1, 0.15) is 80.5 Å². The van der Waals surface area contributed by atoms with E-state index in [-0.39, 0.29) is 48.6 Å². The Balaban J connectivity index is 0.00000117. The van der Waals surface area contributed by atoms with Crippen LogP contribution in [0.25, 0.3) is 33.4 Å². The summed E-state index contributed by atoms with van der Waals surface area (Å²) in [5, 5.41) is 38.2. The van der Waals surface area contributed by atoms with Crippen LogP contribution in [0.15, 0.2) is 194 Å². The smallest absolute Gasteiger partial charge is 0.282 e. The molecule has 0 aromatic heterocycles. The van der Waals surface area contributed by atoms with Crippen molar-refractivity contribution in [1.82, 2.24) is 0 Å². The molecule has 0 fully saturated rings. The van der Waals surface area contributed by atoms with E-state index in [9.17, 15) is 24.4 Å². The fourth-order valence-electron chi connectivity index (χ4n) is 10.4. The summed E-state index contributed by atoms with van der Waals surface area (Å²) in [5.41, 5.74) is 8.19. The standard InChI is InChI=1S/C59H45O9P3.3C2H6/c60-57-39(15-13-17-41(57)36-70(64)55-29-11-5-23-49(55)46-20-2-8-26-52(46)67-70)33-43-31-38(35-69(63)54-28-10-4-22-48(54)45-19-1-7-25-51(45)66-69)32-44(59(43)62)34-40-16-14-18-42(58(40)61)37-71(65)56-30-12-6-24-50(56)47-21-3-9-27-53(47)68-71;3*1-2/h1-32,60-62H,33-37H2;3*1-2H3. The molecule has 3 heterocycles. The highest BCUT2D eigenvalue weighted by Gasteiger charge is 2.40. The number of benzene rings is 9. The summed E-state index contributed by atoms with van der Waals surface area (Å²) < 4.78 is 64.3. The Morgan fingerprint density at radius 2 is 0.584 bits per heavy atom. The van der Waals surface area contributed by atoms with Crippen molar-refractivity contribution in [2.75, 3.05) is 0 Å². The molecule has 9 aromatic rings.